The Morgan fingerprint density at radius 2 is 1.81 bits per heavy atom. The molecule has 0 radical (unpaired) electrons. The molecule has 0 aliphatic rings. The summed E-state index contributed by atoms with van der Waals surface area (Å²) in [6, 6.07) is 16.2. The van der Waals surface area contributed by atoms with Crippen molar-refractivity contribution < 1.29 is 9.53 Å². The number of H-pyrrole nitrogens is 1. The standard InChI is InChI=1S/C18H17N5O3/c1-26-14-9-7-12(8-10-14)11-15(24)20-22-18-19-17(25)16(21-23-18)13-5-3-2-4-6-13/h2-10H,11H2,1H3,(H,20,24)(H2,19,22,23,25). The van der Waals surface area contributed by atoms with Gasteiger partial charge in [-0.3, -0.25) is 25.4 Å². The number of methoxy groups -OCH3 is 1. The quantitative estimate of drug-likeness (QED) is 0.581. The fraction of sp³-hybridized carbons (Fsp3) is 0.111. The van der Waals surface area contributed by atoms with Gasteiger partial charge in [0, 0.05) is 5.56 Å². The summed E-state index contributed by atoms with van der Waals surface area (Å²) in [4.78, 5) is 26.6. The average Bonchev–Trinajstić information content (AvgIpc) is 2.68. The summed E-state index contributed by atoms with van der Waals surface area (Å²) >= 11 is 0. The van der Waals surface area contributed by atoms with E-state index in [0.29, 0.717) is 5.56 Å². The van der Waals surface area contributed by atoms with Crippen LogP contribution in [0.15, 0.2) is 59.4 Å². The number of hydrogen-bond acceptors (Lipinski definition) is 6. The molecule has 3 rings (SSSR count). The van der Waals surface area contributed by atoms with Crippen molar-refractivity contribution in [3.05, 3.63) is 70.5 Å². The van der Waals surface area contributed by atoms with E-state index in [9.17, 15) is 9.59 Å². The van der Waals surface area contributed by atoms with Crippen LogP contribution in [0.2, 0.25) is 0 Å². The normalized spacial score (nSPS) is 10.2. The van der Waals surface area contributed by atoms with E-state index in [1.165, 1.54) is 0 Å². The number of rotatable bonds is 6. The fourth-order valence-corrected chi connectivity index (χ4v) is 2.28. The Kier molecular flexibility index (Phi) is 5.23. The number of aromatic amines is 1. The summed E-state index contributed by atoms with van der Waals surface area (Å²) in [5.41, 5.74) is 6.31. The van der Waals surface area contributed by atoms with E-state index in [1.807, 2.05) is 18.2 Å². The lowest BCUT2D eigenvalue weighted by molar-refractivity contribution is -0.119. The Hall–Kier alpha value is -3.68. The minimum Gasteiger partial charge on any atom is -0.497 e. The summed E-state index contributed by atoms with van der Waals surface area (Å²) in [7, 11) is 1.58. The van der Waals surface area contributed by atoms with Crippen LogP contribution in [0.25, 0.3) is 11.3 Å². The first-order valence-corrected chi connectivity index (χ1v) is 7.86. The zero-order valence-electron chi connectivity index (χ0n) is 14.0. The molecule has 1 heterocycles. The third kappa shape index (κ3) is 4.23. The van der Waals surface area contributed by atoms with E-state index in [1.54, 1.807) is 43.5 Å². The lowest BCUT2D eigenvalue weighted by Crippen LogP contribution is -2.32. The number of carbonyl (C=O) groups is 1. The van der Waals surface area contributed by atoms with Crippen molar-refractivity contribution in [2.45, 2.75) is 6.42 Å². The van der Waals surface area contributed by atoms with Crippen molar-refractivity contribution in [2.24, 2.45) is 0 Å². The maximum Gasteiger partial charge on any atom is 0.279 e. The molecule has 0 atom stereocenters. The van der Waals surface area contributed by atoms with Crippen LogP contribution in [0.3, 0.4) is 0 Å². The first-order valence-electron chi connectivity index (χ1n) is 7.86. The lowest BCUT2D eigenvalue weighted by atomic mass is 10.1. The summed E-state index contributed by atoms with van der Waals surface area (Å²) in [5, 5.41) is 7.78. The van der Waals surface area contributed by atoms with Crippen LogP contribution in [-0.2, 0) is 11.2 Å². The third-order valence-electron chi connectivity index (χ3n) is 3.59. The van der Waals surface area contributed by atoms with E-state index >= 15 is 0 Å². The lowest BCUT2D eigenvalue weighted by Gasteiger charge is -2.08. The van der Waals surface area contributed by atoms with Crippen molar-refractivity contribution in [1.82, 2.24) is 20.6 Å². The molecule has 0 bridgehead atoms. The maximum absolute atomic E-state index is 12.1. The number of aromatic nitrogens is 3. The number of hydrazine groups is 1. The molecule has 0 fully saturated rings. The largest absolute Gasteiger partial charge is 0.497 e. The molecule has 1 amide bonds. The van der Waals surface area contributed by atoms with E-state index in [2.05, 4.69) is 26.0 Å². The Morgan fingerprint density at radius 3 is 2.46 bits per heavy atom. The number of ether oxygens (including phenoxy) is 1. The zero-order valence-corrected chi connectivity index (χ0v) is 14.0. The van der Waals surface area contributed by atoms with Crippen LogP contribution in [0, 0.1) is 0 Å². The van der Waals surface area contributed by atoms with Crippen molar-refractivity contribution >= 4 is 11.9 Å². The monoisotopic (exact) mass is 351 g/mol. The Bertz CT molecular complexity index is 939. The van der Waals surface area contributed by atoms with E-state index in [4.69, 9.17) is 4.74 Å². The highest BCUT2D eigenvalue weighted by atomic mass is 16.5. The topological polar surface area (TPSA) is 109 Å². The van der Waals surface area contributed by atoms with Crippen LogP contribution in [0.4, 0.5) is 5.95 Å². The number of hydrogen-bond donors (Lipinski definition) is 3. The van der Waals surface area contributed by atoms with Gasteiger partial charge in [0.2, 0.25) is 11.9 Å². The first kappa shape index (κ1) is 17.2. The SMILES string of the molecule is COc1ccc(CC(=O)NNc2nnc(-c3ccccc3)c(=O)[nH]2)cc1. The number of nitrogens with one attached hydrogen (secondary N) is 3. The van der Waals surface area contributed by atoms with Gasteiger partial charge in [-0.15, -0.1) is 10.2 Å². The second kappa shape index (κ2) is 7.93. The van der Waals surface area contributed by atoms with E-state index < -0.39 is 5.56 Å². The highest BCUT2D eigenvalue weighted by molar-refractivity contribution is 5.79. The first-order chi connectivity index (χ1) is 12.7. The molecule has 2 aromatic carbocycles. The number of nitrogens with zero attached hydrogens (tertiary/aromatic N) is 2. The zero-order chi connectivity index (χ0) is 18.4. The Morgan fingerprint density at radius 1 is 1.08 bits per heavy atom. The molecule has 3 aromatic rings. The van der Waals surface area contributed by atoms with Crippen molar-refractivity contribution in [3.63, 3.8) is 0 Å². The minimum atomic E-state index is -0.405. The number of amides is 1. The van der Waals surface area contributed by atoms with Crippen LogP contribution < -0.4 is 21.1 Å². The maximum atomic E-state index is 12.1. The molecule has 0 aliphatic carbocycles. The molecule has 26 heavy (non-hydrogen) atoms. The van der Waals surface area contributed by atoms with Crippen molar-refractivity contribution in [2.75, 3.05) is 12.5 Å². The molecule has 8 nitrogen and oxygen atoms in total. The van der Waals surface area contributed by atoms with Crippen LogP contribution in [0.5, 0.6) is 5.75 Å². The highest BCUT2D eigenvalue weighted by Crippen LogP contribution is 2.12. The van der Waals surface area contributed by atoms with E-state index in [-0.39, 0.29) is 24.0 Å². The third-order valence-corrected chi connectivity index (χ3v) is 3.59. The Balaban J connectivity index is 1.60. The highest BCUT2D eigenvalue weighted by Gasteiger charge is 2.08. The van der Waals surface area contributed by atoms with Crippen molar-refractivity contribution in [1.29, 1.82) is 0 Å². The smallest absolute Gasteiger partial charge is 0.279 e. The summed E-state index contributed by atoms with van der Waals surface area (Å²) < 4.78 is 5.07. The molecule has 0 unspecified atom stereocenters. The molecule has 3 N–H and O–H groups in total. The van der Waals surface area contributed by atoms with Gasteiger partial charge in [0.25, 0.3) is 5.56 Å². The van der Waals surface area contributed by atoms with Gasteiger partial charge >= 0.3 is 0 Å². The predicted molar refractivity (Wildman–Crippen MR) is 96.6 cm³/mol. The molecule has 0 saturated carbocycles. The average molecular weight is 351 g/mol. The van der Waals surface area contributed by atoms with Gasteiger partial charge in [-0.25, -0.2) is 0 Å². The second-order valence-electron chi connectivity index (χ2n) is 5.42. The second-order valence-corrected chi connectivity index (χ2v) is 5.42. The molecule has 132 valence electrons. The molecule has 0 spiro atoms. The van der Waals surface area contributed by atoms with Crippen LogP contribution >= 0.6 is 0 Å². The fourth-order valence-electron chi connectivity index (χ4n) is 2.28. The van der Waals surface area contributed by atoms with Gasteiger partial charge < -0.3 is 4.74 Å². The summed E-state index contributed by atoms with van der Waals surface area (Å²) in [6.45, 7) is 0. The van der Waals surface area contributed by atoms with Gasteiger partial charge in [0.1, 0.15) is 5.75 Å². The molecule has 8 heteroatoms. The Labute approximate surface area is 149 Å². The van der Waals surface area contributed by atoms with Gasteiger partial charge in [-0.05, 0) is 17.7 Å². The minimum absolute atomic E-state index is 0.0535. The van der Waals surface area contributed by atoms with Gasteiger partial charge in [0.15, 0.2) is 5.69 Å². The van der Waals surface area contributed by atoms with Gasteiger partial charge in [-0.1, -0.05) is 42.5 Å². The molecular weight excluding hydrogens is 334 g/mol. The molecular formula is C18H17N5O3. The number of benzene rings is 2. The van der Waals surface area contributed by atoms with Crippen LogP contribution in [0.1, 0.15) is 5.56 Å². The molecule has 0 saturated heterocycles. The van der Waals surface area contributed by atoms with Crippen molar-refractivity contribution in [3.8, 4) is 17.0 Å². The molecule has 1 aromatic heterocycles. The van der Waals surface area contributed by atoms with E-state index in [0.717, 1.165) is 11.3 Å². The predicted octanol–water partition coefficient (Wildman–Crippen LogP) is 1.53. The van der Waals surface area contributed by atoms with Crippen LogP contribution in [-0.4, -0.2) is 28.2 Å². The number of carbonyl (C=O) groups excluding carboxylic acids is 1. The summed E-state index contributed by atoms with van der Waals surface area (Å²) in [5.74, 6) is 0.487. The summed E-state index contributed by atoms with van der Waals surface area (Å²) in [6.07, 6.45) is 0.163. The number of anilines is 1. The van der Waals surface area contributed by atoms with Gasteiger partial charge in [0.05, 0.1) is 13.5 Å². The van der Waals surface area contributed by atoms with Gasteiger partial charge in [-0.2, -0.15) is 0 Å². The molecule has 0 aliphatic heterocycles.